The van der Waals surface area contributed by atoms with Crippen molar-refractivity contribution < 1.29 is 14.3 Å². The quantitative estimate of drug-likeness (QED) is 0.397. The first-order chi connectivity index (χ1) is 5.70. The topological polar surface area (TPSA) is 43.4 Å². The first kappa shape index (κ1) is 11.4. The molecule has 0 aromatic rings. The minimum atomic E-state index is -0.357. The first-order valence-corrected chi connectivity index (χ1v) is 4.67. The van der Waals surface area contributed by atoms with Crippen LogP contribution in [0.15, 0.2) is 12.7 Å². The number of Topliss-reactive ketones (excluding diaryl/α,β-unsaturated/α-hetero) is 1. The number of rotatable bonds is 6. The fourth-order valence-electron chi connectivity index (χ4n) is 0.532. The molecule has 0 saturated carbocycles. The Balaban J connectivity index is 3.43. The first-order valence-electron chi connectivity index (χ1n) is 3.55. The molecule has 0 N–H and O–H groups in total. The lowest BCUT2D eigenvalue weighted by molar-refractivity contribution is -0.143. The van der Waals surface area contributed by atoms with Crippen LogP contribution in [-0.2, 0) is 14.3 Å². The fraction of sp³-hybridized carbons (Fsp3) is 0.500. The van der Waals surface area contributed by atoms with Gasteiger partial charge in [-0.1, -0.05) is 28.6 Å². The van der Waals surface area contributed by atoms with Crippen molar-refractivity contribution in [1.82, 2.24) is 0 Å². The van der Waals surface area contributed by atoms with E-state index in [0.29, 0.717) is 5.33 Å². The number of alkyl halides is 1. The van der Waals surface area contributed by atoms with Crippen molar-refractivity contribution in [3.63, 3.8) is 0 Å². The summed E-state index contributed by atoms with van der Waals surface area (Å²) in [7, 11) is 0. The van der Waals surface area contributed by atoms with E-state index < -0.39 is 0 Å². The van der Waals surface area contributed by atoms with Gasteiger partial charge in [0.15, 0.2) is 0 Å². The lowest BCUT2D eigenvalue weighted by Gasteiger charge is -1.99. The van der Waals surface area contributed by atoms with Crippen LogP contribution in [0.3, 0.4) is 0 Å². The maximum absolute atomic E-state index is 10.8. The Labute approximate surface area is 79.9 Å². The van der Waals surface area contributed by atoms with Crippen molar-refractivity contribution in [2.24, 2.45) is 0 Å². The van der Waals surface area contributed by atoms with Gasteiger partial charge in [0, 0.05) is 6.42 Å². The molecule has 0 amide bonds. The summed E-state index contributed by atoms with van der Waals surface area (Å²) < 4.78 is 4.66. The van der Waals surface area contributed by atoms with Gasteiger partial charge in [-0.25, -0.2) is 0 Å². The Morgan fingerprint density at radius 2 is 2.08 bits per heavy atom. The summed E-state index contributed by atoms with van der Waals surface area (Å²) in [5.41, 5.74) is 0. The highest BCUT2D eigenvalue weighted by Crippen LogP contribution is 1.96. The van der Waals surface area contributed by atoms with E-state index in [2.05, 4.69) is 27.2 Å². The summed E-state index contributed by atoms with van der Waals surface area (Å²) in [5, 5.41) is 0.293. The molecule has 0 aromatic heterocycles. The van der Waals surface area contributed by atoms with Gasteiger partial charge < -0.3 is 4.74 Å². The summed E-state index contributed by atoms with van der Waals surface area (Å²) in [6.45, 7) is 3.60. The van der Waals surface area contributed by atoms with E-state index in [1.54, 1.807) is 0 Å². The monoisotopic (exact) mass is 234 g/mol. The van der Waals surface area contributed by atoms with Gasteiger partial charge in [-0.15, -0.1) is 0 Å². The standard InChI is InChI=1S/C8H11BrO3/c1-2-5-12-8(11)4-3-7(10)6-9/h2H,1,3-6H2. The second-order valence-electron chi connectivity index (χ2n) is 2.14. The van der Waals surface area contributed by atoms with Gasteiger partial charge >= 0.3 is 5.97 Å². The highest BCUT2D eigenvalue weighted by Gasteiger charge is 2.05. The Bertz CT molecular complexity index is 177. The smallest absolute Gasteiger partial charge is 0.306 e. The number of ether oxygens (including phenoxy) is 1. The number of ketones is 1. The second-order valence-corrected chi connectivity index (χ2v) is 2.70. The van der Waals surface area contributed by atoms with Crippen molar-refractivity contribution in [3.05, 3.63) is 12.7 Å². The Hall–Kier alpha value is -0.640. The van der Waals surface area contributed by atoms with Crippen LogP contribution in [0.1, 0.15) is 12.8 Å². The molecule has 0 saturated heterocycles. The Kier molecular flexibility index (Phi) is 6.66. The minimum Gasteiger partial charge on any atom is -0.461 e. The molecule has 0 aliphatic carbocycles. The highest BCUT2D eigenvalue weighted by molar-refractivity contribution is 9.09. The minimum absolute atomic E-state index is 0.00514. The predicted molar refractivity (Wildman–Crippen MR) is 49.2 cm³/mol. The highest BCUT2D eigenvalue weighted by atomic mass is 79.9. The van der Waals surface area contributed by atoms with E-state index in [9.17, 15) is 9.59 Å². The van der Waals surface area contributed by atoms with Gasteiger partial charge in [-0.2, -0.15) is 0 Å². The number of carbonyl (C=O) groups excluding carboxylic acids is 2. The van der Waals surface area contributed by atoms with Crippen LogP contribution in [0.25, 0.3) is 0 Å². The van der Waals surface area contributed by atoms with Crippen LogP contribution in [0.4, 0.5) is 0 Å². The largest absolute Gasteiger partial charge is 0.461 e. The lowest BCUT2D eigenvalue weighted by atomic mass is 10.2. The van der Waals surface area contributed by atoms with Crippen LogP contribution < -0.4 is 0 Å². The van der Waals surface area contributed by atoms with Crippen molar-refractivity contribution in [2.75, 3.05) is 11.9 Å². The third-order valence-electron chi connectivity index (χ3n) is 1.12. The van der Waals surface area contributed by atoms with E-state index in [0.717, 1.165) is 0 Å². The molecular formula is C8H11BrO3. The molecule has 0 unspecified atom stereocenters. The van der Waals surface area contributed by atoms with Crippen LogP contribution in [0.5, 0.6) is 0 Å². The number of esters is 1. The molecule has 0 fully saturated rings. The van der Waals surface area contributed by atoms with E-state index in [1.807, 2.05) is 0 Å². The van der Waals surface area contributed by atoms with Crippen LogP contribution in [0, 0.1) is 0 Å². The van der Waals surface area contributed by atoms with Crippen molar-refractivity contribution in [2.45, 2.75) is 12.8 Å². The van der Waals surface area contributed by atoms with Crippen LogP contribution >= 0.6 is 15.9 Å². The SMILES string of the molecule is C=CCOC(=O)CCC(=O)CBr. The lowest BCUT2D eigenvalue weighted by Crippen LogP contribution is -2.08. The molecule has 0 rings (SSSR count). The molecule has 0 heterocycles. The fourth-order valence-corrected chi connectivity index (χ4v) is 0.813. The molecule has 12 heavy (non-hydrogen) atoms. The molecule has 0 aliphatic rings. The van der Waals surface area contributed by atoms with Crippen molar-refractivity contribution >= 4 is 27.7 Å². The van der Waals surface area contributed by atoms with Gasteiger partial charge in [0.1, 0.15) is 12.4 Å². The molecule has 0 atom stereocenters. The van der Waals surface area contributed by atoms with Gasteiger partial charge in [-0.3, -0.25) is 9.59 Å². The van der Waals surface area contributed by atoms with Gasteiger partial charge in [0.25, 0.3) is 0 Å². The van der Waals surface area contributed by atoms with E-state index in [4.69, 9.17) is 0 Å². The molecule has 0 bridgehead atoms. The molecule has 4 heteroatoms. The summed E-state index contributed by atoms with van der Waals surface area (Å²) in [4.78, 5) is 21.5. The molecule has 0 aliphatic heterocycles. The zero-order valence-corrected chi connectivity index (χ0v) is 8.30. The number of hydrogen-bond acceptors (Lipinski definition) is 3. The van der Waals surface area contributed by atoms with Crippen LogP contribution in [-0.4, -0.2) is 23.7 Å². The summed E-state index contributed by atoms with van der Waals surface area (Å²) in [6, 6.07) is 0. The Morgan fingerprint density at radius 3 is 2.58 bits per heavy atom. The van der Waals surface area contributed by atoms with E-state index in [1.165, 1.54) is 6.08 Å². The number of halogens is 1. The normalized spacial score (nSPS) is 9.08. The van der Waals surface area contributed by atoms with Gasteiger partial charge in [-0.05, 0) is 0 Å². The summed E-state index contributed by atoms with van der Waals surface area (Å²) >= 11 is 3.00. The third-order valence-corrected chi connectivity index (χ3v) is 1.74. The predicted octanol–water partition coefficient (Wildman–Crippen LogP) is 1.46. The average molecular weight is 235 g/mol. The zero-order chi connectivity index (χ0) is 9.40. The van der Waals surface area contributed by atoms with E-state index >= 15 is 0 Å². The third kappa shape index (κ3) is 6.09. The summed E-state index contributed by atoms with van der Waals surface area (Å²) in [6.07, 6.45) is 1.88. The summed E-state index contributed by atoms with van der Waals surface area (Å²) in [5.74, 6) is -0.352. The molecule has 3 nitrogen and oxygen atoms in total. The maximum atomic E-state index is 10.8. The average Bonchev–Trinajstić information content (AvgIpc) is 2.10. The second kappa shape index (κ2) is 7.03. The van der Waals surface area contributed by atoms with Gasteiger partial charge in [0.2, 0.25) is 0 Å². The van der Waals surface area contributed by atoms with E-state index in [-0.39, 0.29) is 31.2 Å². The maximum Gasteiger partial charge on any atom is 0.306 e. The Morgan fingerprint density at radius 1 is 1.42 bits per heavy atom. The number of carbonyl (C=O) groups is 2. The molecule has 0 aromatic carbocycles. The van der Waals surface area contributed by atoms with Crippen LogP contribution in [0.2, 0.25) is 0 Å². The van der Waals surface area contributed by atoms with Crippen molar-refractivity contribution in [1.29, 1.82) is 0 Å². The molecule has 0 spiro atoms. The molecule has 0 radical (unpaired) electrons. The van der Waals surface area contributed by atoms with Crippen molar-refractivity contribution in [3.8, 4) is 0 Å². The molecule has 68 valence electrons. The zero-order valence-electron chi connectivity index (χ0n) is 6.72. The van der Waals surface area contributed by atoms with Gasteiger partial charge in [0.05, 0.1) is 11.8 Å². The number of hydrogen-bond donors (Lipinski definition) is 0. The molecular weight excluding hydrogens is 224 g/mol.